The number of hydroxylamine groups is 1. The van der Waals surface area contributed by atoms with Crippen LogP contribution in [-0.2, 0) is 21.2 Å². The first-order chi connectivity index (χ1) is 12.2. The van der Waals surface area contributed by atoms with Crippen LogP contribution in [0.25, 0.3) is 22.3 Å². The third kappa shape index (κ3) is 3.20. The highest BCUT2D eigenvalue weighted by molar-refractivity contribution is 7.92. The Balaban J connectivity index is 1.80. The van der Waals surface area contributed by atoms with Crippen LogP contribution in [0, 0.1) is 0 Å². The lowest BCUT2D eigenvalue weighted by molar-refractivity contribution is -0.131. The van der Waals surface area contributed by atoms with Gasteiger partial charge in [-0.2, -0.15) is 5.10 Å². The van der Waals surface area contributed by atoms with Crippen molar-refractivity contribution in [3.63, 3.8) is 0 Å². The van der Waals surface area contributed by atoms with Crippen LogP contribution in [0.4, 0.5) is 0 Å². The lowest BCUT2D eigenvalue weighted by Gasteiger charge is -2.24. The molecule has 138 valence electrons. The Morgan fingerprint density at radius 2 is 2.15 bits per heavy atom. The summed E-state index contributed by atoms with van der Waals surface area (Å²) in [4.78, 5) is 19.4. The minimum absolute atomic E-state index is 0.0392. The third-order valence-electron chi connectivity index (χ3n) is 4.56. The van der Waals surface area contributed by atoms with E-state index in [1.54, 1.807) is 17.1 Å². The normalized spacial score (nSPS) is 14.3. The molecule has 3 rings (SSSR count). The largest absolute Gasteiger partial charge is 0.346 e. The number of carbonyl (C=O) groups is 1. The van der Waals surface area contributed by atoms with Crippen molar-refractivity contribution in [1.29, 1.82) is 0 Å². The van der Waals surface area contributed by atoms with E-state index < -0.39 is 20.5 Å². The number of sulfone groups is 1. The Bertz CT molecular complexity index is 1060. The van der Waals surface area contributed by atoms with Gasteiger partial charge in [0.05, 0.1) is 11.9 Å². The van der Waals surface area contributed by atoms with Gasteiger partial charge in [-0.15, -0.1) is 0 Å². The van der Waals surface area contributed by atoms with E-state index in [0.717, 1.165) is 28.5 Å². The Morgan fingerprint density at radius 1 is 1.38 bits per heavy atom. The number of carbonyl (C=O) groups excluding carboxylic acids is 1. The van der Waals surface area contributed by atoms with Crippen molar-refractivity contribution < 1.29 is 18.4 Å². The summed E-state index contributed by atoms with van der Waals surface area (Å²) in [5, 5.41) is 14.1. The maximum absolute atomic E-state index is 12.0. The van der Waals surface area contributed by atoms with E-state index in [0.29, 0.717) is 0 Å². The molecule has 0 aliphatic heterocycles. The highest BCUT2D eigenvalue weighted by Gasteiger charge is 2.43. The number of aromatic amines is 1. The summed E-state index contributed by atoms with van der Waals surface area (Å²) in [6.45, 7) is 1.46. The van der Waals surface area contributed by atoms with Crippen LogP contribution < -0.4 is 5.48 Å². The van der Waals surface area contributed by atoms with Gasteiger partial charge in [0.25, 0.3) is 5.91 Å². The number of nitrogens with one attached hydrogen (secondary N) is 2. The Kier molecular flexibility index (Phi) is 4.55. The van der Waals surface area contributed by atoms with Crippen LogP contribution in [0.15, 0.2) is 36.8 Å². The van der Waals surface area contributed by atoms with E-state index >= 15 is 0 Å². The molecule has 0 aliphatic rings. The number of aryl methyl sites for hydroxylation is 1. The van der Waals surface area contributed by atoms with Gasteiger partial charge in [-0.3, -0.25) is 14.7 Å². The maximum atomic E-state index is 12.0. The highest BCUT2D eigenvalue weighted by Crippen LogP contribution is 2.23. The summed E-state index contributed by atoms with van der Waals surface area (Å²) in [6.07, 6.45) is 6.09. The van der Waals surface area contributed by atoms with Crippen molar-refractivity contribution in [2.24, 2.45) is 0 Å². The lowest BCUT2D eigenvalue weighted by atomic mass is 10.1. The Labute approximate surface area is 149 Å². The zero-order valence-corrected chi connectivity index (χ0v) is 15.1. The molecule has 0 fully saturated rings. The molecule has 3 N–H and O–H groups in total. The van der Waals surface area contributed by atoms with Crippen molar-refractivity contribution in [2.75, 3.05) is 6.26 Å². The van der Waals surface area contributed by atoms with Gasteiger partial charge >= 0.3 is 0 Å². The number of aromatic nitrogens is 4. The van der Waals surface area contributed by atoms with Crippen LogP contribution in [0.1, 0.15) is 13.3 Å². The second-order valence-electron chi connectivity index (χ2n) is 6.30. The van der Waals surface area contributed by atoms with Crippen LogP contribution in [0.3, 0.4) is 0 Å². The lowest BCUT2D eigenvalue weighted by Crippen LogP contribution is -2.49. The molecule has 0 spiro atoms. The van der Waals surface area contributed by atoms with Crippen LogP contribution in [0.5, 0.6) is 0 Å². The average molecular weight is 377 g/mol. The molecule has 1 amide bonds. The molecule has 3 heterocycles. The van der Waals surface area contributed by atoms with Gasteiger partial charge in [-0.05, 0) is 31.5 Å². The summed E-state index contributed by atoms with van der Waals surface area (Å²) in [5.74, 6) is -0.966. The molecule has 1 unspecified atom stereocenters. The smallest absolute Gasteiger partial charge is 0.264 e. The SMILES string of the molecule is CC(CCn1cc(-c2ccc3cc[nH]c3n2)cn1)(C(=O)NO)S(C)(=O)=O. The van der Waals surface area contributed by atoms with Gasteiger partial charge in [0, 0.05) is 36.1 Å². The number of pyridine rings is 1. The van der Waals surface area contributed by atoms with Gasteiger partial charge in [-0.1, -0.05) is 0 Å². The quantitative estimate of drug-likeness (QED) is 0.436. The molecule has 3 aromatic rings. The number of hydrogen-bond acceptors (Lipinski definition) is 6. The number of amides is 1. The standard InChI is InChI=1S/C16H19N5O4S/c1-16(15(22)20-23,26(2,24)25)6-8-21-10-12(9-18-21)13-4-3-11-5-7-17-14(11)19-13/h3-5,7,9-10,23H,6,8H2,1-2H3,(H,17,19)(H,20,22). The molecule has 10 heteroatoms. The summed E-state index contributed by atoms with van der Waals surface area (Å²) < 4.78 is 23.8. The van der Waals surface area contributed by atoms with E-state index in [4.69, 9.17) is 5.21 Å². The van der Waals surface area contributed by atoms with Crippen molar-refractivity contribution >= 4 is 26.8 Å². The molecular formula is C16H19N5O4S. The fraction of sp³-hybridized carbons (Fsp3) is 0.312. The molecule has 9 nitrogen and oxygen atoms in total. The Morgan fingerprint density at radius 3 is 2.85 bits per heavy atom. The number of H-pyrrole nitrogens is 1. The van der Waals surface area contributed by atoms with E-state index in [1.165, 1.54) is 12.4 Å². The number of nitrogens with zero attached hydrogens (tertiary/aromatic N) is 3. The van der Waals surface area contributed by atoms with E-state index in [2.05, 4.69) is 15.1 Å². The van der Waals surface area contributed by atoms with Gasteiger partial charge in [-0.25, -0.2) is 18.9 Å². The Hall–Kier alpha value is -2.72. The molecule has 1 atom stereocenters. The van der Waals surface area contributed by atoms with Gasteiger partial charge in [0.1, 0.15) is 5.65 Å². The van der Waals surface area contributed by atoms with Crippen molar-refractivity contribution in [3.05, 3.63) is 36.8 Å². The zero-order valence-electron chi connectivity index (χ0n) is 14.3. The fourth-order valence-electron chi connectivity index (χ4n) is 2.62. The van der Waals surface area contributed by atoms with Crippen LogP contribution >= 0.6 is 0 Å². The number of fused-ring (bicyclic) bond motifs is 1. The van der Waals surface area contributed by atoms with E-state index in [9.17, 15) is 13.2 Å². The molecule has 26 heavy (non-hydrogen) atoms. The first-order valence-corrected chi connectivity index (χ1v) is 9.75. The second kappa shape index (κ2) is 6.54. The molecule has 0 aromatic carbocycles. The van der Waals surface area contributed by atoms with E-state index in [1.807, 2.05) is 24.4 Å². The summed E-state index contributed by atoms with van der Waals surface area (Å²) in [7, 11) is -3.74. The van der Waals surface area contributed by atoms with Crippen molar-refractivity contribution in [3.8, 4) is 11.3 Å². The van der Waals surface area contributed by atoms with Crippen molar-refractivity contribution in [2.45, 2.75) is 24.6 Å². The third-order valence-corrected chi connectivity index (χ3v) is 6.58. The molecule has 0 saturated heterocycles. The van der Waals surface area contributed by atoms with Gasteiger partial charge < -0.3 is 4.98 Å². The first-order valence-electron chi connectivity index (χ1n) is 7.86. The van der Waals surface area contributed by atoms with Crippen LogP contribution in [-0.4, -0.2) is 50.3 Å². The molecule has 0 bridgehead atoms. The molecule has 0 aliphatic carbocycles. The topological polar surface area (TPSA) is 130 Å². The molecule has 0 radical (unpaired) electrons. The van der Waals surface area contributed by atoms with E-state index in [-0.39, 0.29) is 13.0 Å². The zero-order chi connectivity index (χ0) is 18.9. The minimum Gasteiger partial charge on any atom is -0.346 e. The summed E-state index contributed by atoms with van der Waals surface area (Å²) in [6, 6.07) is 5.74. The van der Waals surface area contributed by atoms with Crippen LogP contribution in [0.2, 0.25) is 0 Å². The highest BCUT2D eigenvalue weighted by atomic mass is 32.2. The summed E-state index contributed by atoms with van der Waals surface area (Å²) >= 11 is 0. The molecule has 0 saturated carbocycles. The number of rotatable bonds is 6. The predicted molar refractivity (Wildman–Crippen MR) is 95.1 cm³/mol. The first kappa shape index (κ1) is 18.1. The van der Waals surface area contributed by atoms with Gasteiger partial charge in [0.2, 0.25) is 0 Å². The summed E-state index contributed by atoms with van der Waals surface area (Å²) in [5.41, 5.74) is 3.70. The maximum Gasteiger partial charge on any atom is 0.264 e. The number of hydrogen-bond donors (Lipinski definition) is 3. The monoisotopic (exact) mass is 377 g/mol. The fourth-order valence-corrected chi connectivity index (χ4v) is 3.47. The minimum atomic E-state index is -3.74. The second-order valence-corrected chi connectivity index (χ2v) is 8.74. The molecular weight excluding hydrogens is 358 g/mol. The van der Waals surface area contributed by atoms with Gasteiger partial charge in [0.15, 0.2) is 14.6 Å². The average Bonchev–Trinajstić information content (AvgIpc) is 3.26. The predicted octanol–water partition coefficient (Wildman–Crippen LogP) is 1.13. The van der Waals surface area contributed by atoms with Crippen molar-refractivity contribution in [1.82, 2.24) is 25.2 Å². The molecule has 3 aromatic heterocycles.